The van der Waals surface area contributed by atoms with Crippen LogP contribution in [0.1, 0.15) is 63.1 Å². The normalized spacial score (nSPS) is 18.9. The summed E-state index contributed by atoms with van der Waals surface area (Å²) in [6, 6.07) is 13.1. The van der Waals surface area contributed by atoms with Gasteiger partial charge < -0.3 is 15.6 Å². The third-order valence-electron chi connectivity index (χ3n) is 7.21. The topological polar surface area (TPSA) is 176 Å². The summed E-state index contributed by atoms with van der Waals surface area (Å²) in [7, 11) is -8.76. The van der Waals surface area contributed by atoms with Crippen LogP contribution in [0.5, 0.6) is 0 Å². The SMILES string of the molecule is Cc1ccc(S(=O)(=O)NC2CCC(Nc3cc(S(=O)(=O)[O-])c(N)c4c3C(=O)c3ccccc3C4=O)CC2)cc1.[Na+]. The Balaban J connectivity index is 0.00000370. The van der Waals surface area contributed by atoms with Crippen LogP contribution in [0.15, 0.2) is 64.4 Å². The molecule has 0 bridgehead atoms. The van der Waals surface area contributed by atoms with Gasteiger partial charge in [0, 0.05) is 28.9 Å². The Morgan fingerprint density at radius 3 is 1.90 bits per heavy atom. The summed E-state index contributed by atoms with van der Waals surface area (Å²) in [5, 5.41) is 3.14. The van der Waals surface area contributed by atoms with Crippen molar-refractivity contribution in [3.05, 3.63) is 82.4 Å². The maximum absolute atomic E-state index is 13.4. The van der Waals surface area contributed by atoms with E-state index in [-0.39, 0.29) is 74.5 Å². The number of fused-ring (bicyclic) bond motifs is 2. The van der Waals surface area contributed by atoms with E-state index in [1.54, 1.807) is 36.4 Å². The van der Waals surface area contributed by atoms with E-state index in [2.05, 4.69) is 10.0 Å². The molecule has 13 heteroatoms. The Kier molecular flexibility index (Phi) is 8.63. The average molecular weight is 592 g/mol. The Morgan fingerprint density at radius 1 is 0.825 bits per heavy atom. The number of rotatable bonds is 6. The molecule has 4 N–H and O–H groups in total. The predicted molar refractivity (Wildman–Crippen MR) is 143 cm³/mol. The molecule has 2 aliphatic carbocycles. The van der Waals surface area contributed by atoms with Gasteiger partial charge in [0.05, 0.1) is 26.6 Å². The van der Waals surface area contributed by atoms with Gasteiger partial charge in [-0.25, -0.2) is 21.6 Å². The van der Waals surface area contributed by atoms with Crippen molar-refractivity contribution in [2.75, 3.05) is 11.1 Å². The minimum atomic E-state index is -5.06. The first-order valence-corrected chi connectivity index (χ1v) is 15.2. The van der Waals surface area contributed by atoms with Crippen molar-refractivity contribution in [1.82, 2.24) is 4.72 Å². The second kappa shape index (κ2) is 11.4. The summed E-state index contributed by atoms with van der Waals surface area (Å²) >= 11 is 0. The van der Waals surface area contributed by atoms with Gasteiger partial charge in [-0.2, -0.15) is 0 Å². The molecule has 1 saturated carbocycles. The second-order valence-electron chi connectivity index (χ2n) is 9.87. The smallest absolute Gasteiger partial charge is 0.744 e. The molecule has 10 nitrogen and oxygen atoms in total. The first-order valence-electron chi connectivity index (χ1n) is 12.3. The fourth-order valence-corrected chi connectivity index (χ4v) is 7.13. The van der Waals surface area contributed by atoms with Gasteiger partial charge >= 0.3 is 29.6 Å². The van der Waals surface area contributed by atoms with E-state index in [9.17, 15) is 31.0 Å². The molecule has 5 rings (SSSR count). The van der Waals surface area contributed by atoms with Crippen molar-refractivity contribution in [1.29, 1.82) is 0 Å². The molecule has 204 valence electrons. The van der Waals surface area contributed by atoms with Crippen LogP contribution in [0.3, 0.4) is 0 Å². The Morgan fingerprint density at radius 2 is 1.35 bits per heavy atom. The number of nitrogens with one attached hydrogen (secondary N) is 2. The number of hydrogen-bond acceptors (Lipinski definition) is 9. The van der Waals surface area contributed by atoms with E-state index in [1.165, 1.54) is 12.1 Å². The van der Waals surface area contributed by atoms with Crippen molar-refractivity contribution in [2.45, 2.75) is 54.5 Å². The molecular weight excluding hydrogens is 565 g/mol. The fraction of sp³-hybridized carbons (Fsp3) is 0.259. The zero-order chi connectivity index (χ0) is 28.1. The molecule has 0 aromatic heterocycles. The van der Waals surface area contributed by atoms with E-state index < -0.39 is 42.3 Å². The van der Waals surface area contributed by atoms with Crippen LogP contribution in [0, 0.1) is 6.92 Å². The van der Waals surface area contributed by atoms with Crippen LogP contribution in [0.4, 0.5) is 11.4 Å². The number of carbonyl (C=O) groups excluding carboxylic acids is 2. The van der Waals surface area contributed by atoms with E-state index >= 15 is 0 Å². The molecule has 0 saturated heterocycles. The average Bonchev–Trinajstić information content (AvgIpc) is 2.88. The number of carbonyl (C=O) groups is 2. The molecule has 3 aromatic rings. The van der Waals surface area contributed by atoms with E-state index in [0.29, 0.717) is 25.7 Å². The number of hydrogen-bond donors (Lipinski definition) is 3. The van der Waals surface area contributed by atoms with Crippen LogP contribution >= 0.6 is 0 Å². The van der Waals surface area contributed by atoms with Crippen LogP contribution in [-0.2, 0) is 20.1 Å². The third-order valence-corrected chi connectivity index (χ3v) is 9.62. The van der Waals surface area contributed by atoms with Gasteiger partial charge in [-0.3, -0.25) is 9.59 Å². The maximum atomic E-state index is 13.4. The maximum Gasteiger partial charge on any atom is 1.00 e. The molecule has 3 aromatic carbocycles. The van der Waals surface area contributed by atoms with E-state index in [0.717, 1.165) is 11.6 Å². The molecular formula is C27H26N3NaO7S2. The minimum Gasteiger partial charge on any atom is -0.744 e. The molecule has 0 amide bonds. The monoisotopic (exact) mass is 591 g/mol. The number of anilines is 2. The van der Waals surface area contributed by atoms with E-state index in [1.807, 2.05) is 6.92 Å². The second-order valence-corrected chi connectivity index (χ2v) is 12.9. The van der Waals surface area contributed by atoms with Gasteiger partial charge in [0.1, 0.15) is 10.1 Å². The van der Waals surface area contributed by atoms with Crippen molar-refractivity contribution in [3.63, 3.8) is 0 Å². The standard InChI is InChI=1S/C27H27N3O7S2.Na/c1-15-6-12-18(13-7-15)38(33,34)30-17-10-8-16(9-11-17)29-21-14-22(39(35,36)37)25(28)24-23(21)26(31)19-4-2-3-5-20(19)27(24)32;/h2-7,12-14,16-17,29-30H,8-11,28H2,1H3,(H,35,36,37);/q;+1/p-1. The molecule has 0 atom stereocenters. The number of benzene rings is 3. The van der Waals surface area contributed by atoms with Crippen LogP contribution in [0.2, 0.25) is 0 Å². The van der Waals surface area contributed by atoms with Gasteiger partial charge in [-0.15, -0.1) is 0 Å². The van der Waals surface area contributed by atoms with Crippen LogP contribution < -0.4 is 45.3 Å². The Bertz CT molecular complexity index is 1720. The van der Waals surface area contributed by atoms with Crippen molar-refractivity contribution < 1.29 is 60.5 Å². The number of sulfonamides is 1. The molecule has 40 heavy (non-hydrogen) atoms. The van der Waals surface area contributed by atoms with Gasteiger partial charge in [0.2, 0.25) is 10.0 Å². The predicted octanol–water partition coefficient (Wildman–Crippen LogP) is -0.0377. The van der Waals surface area contributed by atoms with Gasteiger partial charge in [-0.1, -0.05) is 42.0 Å². The summed E-state index contributed by atoms with van der Waals surface area (Å²) in [4.78, 5) is 26.1. The van der Waals surface area contributed by atoms with Crippen LogP contribution in [0.25, 0.3) is 0 Å². The number of aryl methyl sites for hydroxylation is 1. The summed E-state index contributed by atoms with van der Waals surface area (Å²) in [5.41, 5.74) is 6.27. The minimum absolute atomic E-state index is 0. The number of nitrogens with two attached hydrogens (primary N) is 1. The van der Waals surface area contributed by atoms with Crippen molar-refractivity contribution in [3.8, 4) is 0 Å². The van der Waals surface area contributed by atoms with Gasteiger partial charge in [0.25, 0.3) is 0 Å². The van der Waals surface area contributed by atoms with Crippen LogP contribution in [-0.4, -0.2) is 45.0 Å². The molecule has 0 aliphatic heterocycles. The summed E-state index contributed by atoms with van der Waals surface area (Å²) < 4.78 is 64.3. The molecule has 0 radical (unpaired) electrons. The molecule has 0 spiro atoms. The zero-order valence-electron chi connectivity index (χ0n) is 21.9. The first kappa shape index (κ1) is 30.4. The summed E-state index contributed by atoms with van der Waals surface area (Å²) in [5.74, 6) is -1.15. The molecule has 0 heterocycles. The summed E-state index contributed by atoms with van der Waals surface area (Å²) in [6.45, 7) is 1.87. The summed E-state index contributed by atoms with van der Waals surface area (Å²) in [6.07, 6.45) is 1.92. The molecule has 0 unspecified atom stereocenters. The first-order chi connectivity index (χ1) is 18.4. The third kappa shape index (κ3) is 5.75. The Labute approximate surface area is 254 Å². The molecule has 2 aliphatic rings. The number of ketones is 2. The fourth-order valence-electron chi connectivity index (χ4n) is 5.19. The van der Waals surface area contributed by atoms with Crippen molar-refractivity contribution in [2.24, 2.45) is 0 Å². The van der Waals surface area contributed by atoms with E-state index in [4.69, 9.17) is 5.73 Å². The van der Waals surface area contributed by atoms with Crippen molar-refractivity contribution >= 4 is 43.1 Å². The molecule has 1 fully saturated rings. The zero-order valence-corrected chi connectivity index (χ0v) is 25.6. The number of nitrogen functional groups attached to an aromatic ring is 1. The van der Waals surface area contributed by atoms with Gasteiger partial charge in [-0.05, 0) is 50.8 Å². The quantitative estimate of drug-likeness (QED) is 0.158. The Hall–Kier alpha value is -2.58. The van der Waals surface area contributed by atoms with Gasteiger partial charge in [0.15, 0.2) is 11.6 Å². The largest absolute Gasteiger partial charge is 1.00 e.